The highest BCUT2D eigenvalue weighted by molar-refractivity contribution is 5.37. The number of aliphatic hydroxyl groups excluding tert-OH is 1. The van der Waals surface area contributed by atoms with Crippen LogP contribution in [0.2, 0.25) is 0 Å². The van der Waals surface area contributed by atoms with Gasteiger partial charge in [-0.1, -0.05) is 11.3 Å². The molecule has 3 heterocycles. The van der Waals surface area contributed by atoms with Crippen molar-refractivity contribution in [3.63, 3.8) is 0 Å². The minimum absolute atomic E-state index is 0.115. The Bertz CT molecular complexity index is 808. The van der Waals surface area contributed by atoms with Crippen LogP contribution in [0.4, 0.5) is 0 Å². The monoisotopic (exact) mass is 285 g/mol. The van der Waals surface area contributed by atoms with Gasteiger partial charge in [-0.2, -0.15) is 0 Å². The number of aliphatic hydroxyl groups is 1. The number of hydrogen-bond acceptors (Lipinski definition) is 5. The average Bonchev–Trinajstić information content (AvgIpc) is 2.92. The summed E-state index contributed by atoms with van der Waals surface area (Å²) in [5, 5.41) is 16.8. The SMILES string of the molecule is O=c1cc(Cn2cc(CCCO)nn2)nc2ccccn12. The molecule has 0 bridgehead atoms. The Morgan fingerprint density at radius 1 is 1.24 bits per heavy atom. The first-order valence-electron chi connectivity index (χ1n) is 6.73. The Labute approximate surface area is 120 Å². The second kappa shape index (κ2) is 5.84. The zero-order chi connectivity index (χ0) is 14.7. The average molecular weight is 285 g/mol. The third kappa shape index (κ3) is 2.97. The first kappa shape index (κ1) is 13.4. The Morgan fingerprint density at radius 2 is 2.14 bits per heavy atom. The van der Waals surface area contributed by atoms with Crippen LogP contribution in [0.1, 0.15) is 17.8 Å². The van der Waals surface area contributed by atoms with Crippen molar-refractivity contribution in [3.05, 3.63) is 58.4 Å². The van der Waals surface area contributed by atoms with E-state index < -0.39 is 0 Å². The molecule has 108 valence electrons. The molecular weight excluding hydrogens is 270 g/mol. The lowest BCUT2D eigenvalue weighted by Gasteiger charge is -2.03. The Balaban J connectivity index is 1.84. The van der Waals surface area contributed by atoms with E-state index in [9.17, 15) is 4.79 Å². The molecule has 3 aromatic heterocycles. The summed E-state index contributed by atoms with van der Waals surface area (Å²) < 4.78 is 3.14. The van der Waals surface area contributed by atoms with Crippen molar-refractivity contribution in [1.29, 1.82) is 0 Å². The third-order valence-corrected chi connectivity index (χ3v) is 3.13. The van der Waals surface area contributed by atoms with E-state index in [1.165, 1.54) is 10.5 Å². The number of hydrogen-bond donors (Lipinski definition) is 1. The number of nitrogens with zero attached hydrogens (tertiary/aromatic N) is 5. The Kier molecular flexibility index (Phi) is 3.74. The standard InChI is InChI=1S/C14H15N5O2/c20-7-3-4-11-9-18(17-16-11)10-12-8-14(21)19-6-2-1-5-13(19)15-12/h1-2,5-6,8-9,20H,3-4,7,10H2. The minimum Gasteiger partial charge on any atom is -0.396 e. The third-order valence-electron chi connectivity index (χ3n) is 3.13. The smallest absolute Gasteiger partial charge is 0.258 e. The molecular formula is C14H15N5O2. The van der Waals surface area contributed by atoms with Gasteiger partial charge in [0.2, 0.25) is 0 Å². The van der Waals surface area contributed by atoms with Gasteiger partial charge in [-0.15, -0.1) is 5.10 Å². The summed E-state index contributed by atoms with van der Waals surface area (Å²) in [5.74, 6) is 0. The molecule has 0 aromatic carbocycles. The van der Waals surface area contributed by atoms with Gasteiger partial charge in [-0.25, -0.2) is 9.67 Å². The quantitative estimate of drug-likeness (QED) is 0.726. The molecule has 21 heavy (non-hydrogen) atoms. The van der Waals surface area contributed by atoms with Crippen LogP contribution < -0.4 is 5.56 Å². The van der Waals surface area contributed by atoms with Gasteiger partial charge < -0.3 is 5.11 Å². The first-order chi connectivity index (χ1) is 10.3. The van der Waals surface area contributed by atoms with Crippen LogP contribution in [0.5, 0.6) is 0 Å². The lowest BCUT2D eigenvalue weighted by molar-refractivity contribution is 0.288. The zero-order valence-electron chi connectivity index (χ0n) is 11.4. The van der Waals surface area contributed by atoms with E-state index in [4.69, 9.17) is 5.11 Å². The molecule has 0 spiro atoms. The highest BCUT2D eigenvalue weighted by atomic mass is 16.2. The molecule has 0 aliphatic heterocycles. The fraction of sp³-hybridized carbons (Fsp3) is 0.286. The van der Waals surface area contributed by atoms with Gasteiger partial charge in [-0.3, -0.25) is 9.20 Å². The lowest BCUT2D eigenvalue weighted by atomic mass is 10.2. The Hall–Kier alpha value is -2.54. The van der Waals surface area contributed by atoms with Gasteiger partial charge >= 0.3 is 0 Å². The zero-order valence-corrected chi connectivity index (χ0v) is 11.4. The molecule has 7 nitrogen and oxygen atoms in total. The molecule has 0 fully saturated rings. The van der Waals surface area contributed by atoms with E-state index in [2.05, 4.69) is 15.3 Å². The van der Waals surface area contributed by atoms with Crippen molar-refractivity contribution in [1.82, 2.24) is 24.4 Å². The molecule has 0 amide bonds. The molecule has 0 saturated heterocycles. The molecule has 0 saturated carbocycles. The second-order valence-electron chi connectivity index (χ2n) is 4.75. The highest BCUT2D eigenvalue weighted by Crippen LogP contribution is 2.03. The van der Waals surface area contributed by atoms with Gasteiger partial charge in [0, 0.05) is 25.1 Å². The molecule has 0 unspecified atom stereocenters. The van der Waals surface area contributed by atoms with Crippen LogP contribution >= 0.6 is 0 Å². The lowest BCUT2D eigenvalue weighted by Crippen LogP contribution is -2.16. The fourth-order valence-electron chi connectivity index (χ4n) is 2.14. The molecule has 3 aromatic rings. The largest absolute Gasteiger partial charge is 0.396 e. The van der Waals surface area contributed by atoms with Crippen molar-refractivity contribution >= 4 is 5.65 Å². The van der Waals surface area contributed by atoms with E-state index in [0.717, 1.165) is 5.69 Å². The predicted octanol–water partition coefficient (Wildman–Crippen LogP) is 0.259. The summed E-state index contributed by atoms with van der Waals surface area (Å²) in [7, 11) is 0. The number of aryl methyl sites for hydroxylation is 1. The van der Waals surface area contributed by atoms with Gasteiger partial charge in [0.25, 0.3) is 5.56 Å². The number of rotatable bonds is 5. The van der Waals surface area contributed by atoms with Crippen LogP contribution in [-0.4, -0.2) is 36.1 Å². The normalized spacial score (nSPS) is 11.1. The van der Waals surface area contributed by atoms with Crippen molar-refractivity contribution < 1.29 is 5.11 Å². The summed E-state index contributed by atoms with van der Waals surface area (Å²) in [6, 6.07) is 6.93. The molecule has 0 aliphatic carbocycles. The number of aromatic nitrogens is 5. The highest BCUT2D eigenvalue weighted by Gasteiger charge is 2.05. The van der Waals surface area contributed by atoms with E-state index >= 15 is 0 Å². The molecule has 0 radical (unpaired) electrons. The second-order valence-corrected chi connectivity index (χ2v) is 4.75. The van der Waals surface area contributed by atoms with Gasteiger partial charge in [0.1, 0.15) is 5.65 Å². The van der Waals surface area contributed by atoms with Crippen LogP contribution in [0, 0.1) is 0 Å². The maximum atomic E-state index is 12.0. The minimum atomic E-state index is -0.115. The number of pyridine rings is 1. The topological polar surface area (TPSA) is 85.3 Å². The summed E-state index contributed by atoms with van der Waals surface area (Å²) >= 11 is 0. The van der Waals surface area contributed by atoms with E-state index in [0.29, 0.717) is 30.7 Å². The van der Waals surface area contributed by atoms with Crippen molar-refractivity contribution in [2.24, 2.45) is 0 Å². The van der Waals surface area contributed by atoms with Crippen molar-refractivity contribution in [3.8, 4) is 0 Å². The molecule has 0 atom stereocenters. The van der Waals surface area contributed by atoms with Crippen LogP contribution in [0.25, 0.3) is 5.65 Å². The van der Waals surface area contributed by atoms with E-state index in [-0.39, 0.29) is 12.2 Å². The summed E-state index contributed by atoms with van der Waals surface area (Å²) in [6.45, 7) is 0.530. The maximum Gasteiger partial charge on any atom is 0.258 e. The van der Waals surface area contributed by atoms with Gasteiger partial charge in [0.05, 0.1) is 17.9 Å². The molecule has 7 heteroatoms. The first-order valence-corrected chi connectivity index (χ1v) is 6.73. The maximum absolute atomic E-state index is 12.0. The van der Waals surface area contributed by atoms with Crippen molar-refractivity contribution in [2.45, 2.75) is 19.4 Å². The van der Waals surface area contributed by atoms with Crippen molar-refractivity contribution in [2.75, 3.05) is 6.61 Å². The molecule has 0 aliphatic rings. The van der Waals surface area contributed by atoms with E-state index in [1.807, 2.05) is 12.3 Å². The van der Waals surface area contributed by atoms with Gasteiger partial charge in [0.15, 0.2) is 0 Å². The summed E-state index contributed by atoms with van der Waals surface area (Å²) in [6.07, 6.45) is 4.85. The van der Waals surface area contributed by atoms with Crippen LogP contribution in [-0.2, 0) is 13.0 Å². The van der Waals surface area contributed by atoms with Gasteiger partial charge in [-0.05, 0) is 25.0 Å². The molecule has 1 N–H and O–H groups in total. The van der Waals surface area contributed by atoms with Crippen LogP contribution in [0.15, 0.2) is 41.5 Å². The summed E-state index contributed by atoms with van der Waals surface area (Å²) in [4.78, 5) is 16.4. The molecule has 3 rings (SSSR count). The number of fused-ring (bicyclic) bond motifs is 1. The Morgan fingerprint density at radius 3 is 3.00 bits per heavy atom. The van der Waals surface area contributed by atoms with Crippen LogP contribution in [0.3, 0.4) is 0 Å². The summed E-state index contributed by atoms with van der Waals surface area (Å²) in [5.41, 5.74) is 1.96. The van der Waals surface area contributed by atoms with E-state index in [1.54, 1.807) is 23.0 Å². The fourth-order valence-corrected chi connectivity index (χ4v) is 2.14. The predicted molar refractivity (Wildman–Crippen MR) is 76.0 cm³/mol.